The van der Waals surface area contributed by atoms with Gasteiger partial charge in [-0.1, -0.05) is 17.7 Å². The zero-order valence-corrected chi connectivity index (χ0v) is 10.5. The number of halogens is 1. The molecule has 0 amide bonds. The maximum atomic E-state index is 11.9. The van der Waals surface area contributed by atoms with E-state index >= 15 is 0 Å². The molecule has 2 rings (SSSR count). The lowest BCUT2D eigenvalue weighted by Gasteiger charge is -2.13. The van der Waals surface area contributed by atoms with E-state index in [1.54, 1.807) is 18.2 Å². The summed E-state index contributed by atoms with van der Waals surface area (Å²) in [6.45, 7) is 0.642. The number of hydrogen-bond donors (Lipinski definition) is 0. The van der Waals surface area contributed by atoms with Gasteiger partial charge >= 0.3 is 0 Å². The lowest BCUT2D eigenvalue weighted by molar-refractivity contribution is 0.415. The Morgan fingerprint density at radius 3 is 2.56 bits per heavy atom. The van der Waals surface area contributed by atoms with Gasteiger partial charge in [0, 0.05) is 14.1 Å². The second-order valence-corrected chi connectivity index (χ2v) is 6.33. The molecule has 1 aromatic carbocycles. The summed E-state index contributed by atoms with van der Waals surface area (Å²) in [6, 6.07) is 4.96. The first kappa shape index (κ1) is 11.9. The van der Waals surface area contributed by atoms with Crippen LogP contribution in [0.5, 0.6) is 0 Å². The first-order valence-corrected chi connectivity index (χ1v) is 6.58. The van der Waals surface area contributed by atoms with Gasteiger partial charge in [0.2, 0.25) is 10.0 Å². The van der Waals surface area contributed by atoms with Crippen LogP contribution in [0.25, 0.3) is 0 Å². The Morgan fingerprint density at radius 2 is 2.06 bits per heavy atom. The Balaban J connectivity index is 2.50. The smallest absolute Gasteiger partial charge is 0.244 e. The molecule has 1 aliphatic heterocycles. The lowest BCUT2D eigenvalue weighted by Crippen LogP contribution is -2.22. The van der Waals surface area contributed by atoms with Gasteiger partial charge in [-0.15, -0.1) is 0 Å². The summed E-state index contributed by atoms with van der Waals surface area (Å²) < 4.78 is 30.2. The van der Waals surface area contributed by atoms with Crippen molar-refractivity contribution in [3.05, 3.63) is 28.8 Å². The maximum absolute atomic E-state index is 11.9. The number of sulfonamides is 1. The van der Waals surface area contributed by atoms with Crippen molar-refractivity contribution >= 4 is 21.6 Å². The Bertz CT molecular complexity index is 509. The van der Waals surface area contributed by atoms with Crippen molar-refractivity contribution in [2.75, 3.05) is 20.7 Å². The second-order valence-electron chi connectivity index (χ2n) is 3.80. The molecule has 4 nitrogen and oxygen atoms in total. The van der Waals surface area contributed by atoms with Crippen LogP contribution in [0.3, 0.4) is 0 Å². The Hall–Kier alpha value is -0.620. The van der Waals surface area contributed by atoms with Crippen molar-refractivity contribution in [1.82, 2.24) is 4.31 Å². The summed E-state index contributed by atoms with van der Waals surface area (Å²) in [5.41, 5.74) is 0.852. The third-order valence-corrected chi connectivity index (χ3v) is 4.72. The molecule has 6 heteroatoms. The SMILES string of the molecule is CN(C)S(=O)(=O)c1cc(C2CO2)ccc1Cl. The van der Waals surface area contributed by atoms with Crippen molar-refractivity contribution in [3.8, 4) is 0 Å². The fraction of sp³-hybridized carbons (Fsp3) is 0.400. The van der Waals surface area contributed by atoms with Crippen LogP contribution in [0.15, 0.2) is 23.1 Å². The van der Waals surface area contributed by atoms with Gasteiger partial charge in [0.1, 0.15) is 11.0 Å². The maximum Gasteiger partial charge on any atom is 0.244 e. The minimum Gasteiger partial charge on any atom is -0.368 e. The van der Waals surface area contributed by atoms with E-state index in [4.69, 9.17) is 16.3 Å². The fourth-order valence-corrected chi connectivity index (χ4v) is 2.76. The van der Waals surface area contributed by atoms with Gasteiger partial charge < -0.3 is 4.74 Å². The van der Waals surface area contributed by atoms with Crippen LogP contribution in [-0.2, 0) is 14.8 Å². The number of hydrogen-bond acceptors (Lipinski definition) is 3. The van der Waals surface area contributed by atoms with Crippen molar-refractivity contribution < 1.29 is 13.2 Å². The highest BCUT2D eigenvalue weighted by Crippen LogP contribution is 2.34. The quantitative estimate of drug-likeness (QED) is 0.778. The molecule has 0 aliphatic carbocycles. The molecule has 1 fully saturated rings. The van der Waals surface area contributed by atoms with Crippen LogP contribution >= 0.6 is 11.6 Å². The molecule has 1 aromatic rings. The molecule has 1 unspecified atom stereocenters. The largest absolute Gasteiger partial charge is 0.368 e. The Kier molecular flexibility index (Phi) is 2.96. The molecule has 88 valence electrons. The lowest BCUT2D eigenvalue weighted by atomic mass is 10.2. The van der Waals surface area contributed by atoms with E-state index in [1.165, 1.54) is 14.1 Å². The van der Waals surface area contributed by atoms with E-state index in [9.17, 15) is 8.42 Å². The summed E-state index contributed by atoms with van der Waals surface area (Å²) in [7, 11) is -0.534. The van der Waals surface area contributed by atoms with Crippen molar-refractivity contribution in [1.29, 1.82) is 0 Å². The molecule has 1 atom stereocenters. The molecule has 1 heterocycles. The predicted octanol–water partition coefficient (Wildman–Crippen LogP) is 1.66. The fourth-order valence-electron chi connectivity index (χ4n) is 1.36. The summed E-state index contributed by atoms with van der Waals surface area (Å²) in [5, 5.41) is 0.234. The number of nitrogens with zero attached hydrogens (tertiary/aromatic N) is 1. The molecule has 0 radical (unpaired) electrons. The first-order chi connectivity index (χ1) is 7.43. The molecule has 0 N–H and O–H groups in total. The van der Waals surface area contributed by atoms with Gasteiger partial charge in [-0.2, -0.15) is 0 Å². The van der Waals surface area contributed by atoms with E-state index in [0.717, 1.165) is 9.87 Å². The number of epoxide rings is 1. The molecule has 0 saturated carbocycles. The zero-order valence-electron chi connectivity index (χ0n) is 8.97. The van der Waals surface area contributed by atoms with E-state index in [-0.39, 0.29) is 16.0 Å². The van der Waals surface area contributed by atoms with Crippen LogP contribution in [0.1, 0.15) is 11.7 Å². The summed E-state index contributed by atoms with van der Waals surface area (Å²) in [4.78, 5) is 0.132. The van der Waals surface area contributed by atoms with Gasteiger partial charge in [0.05, 0.1) is 11.6 Å². The number of ether oxygens (including phenoxy) is 1. The normalized spacial score (nSPS) is 20.1. The summed E-state index contributed by atoms with van der Waals surface area (Å²) >= 11 is 5.90. The van der Waals surface area contributed by atoms with Crippen molar-refractivity contribution in [3.63, 3.8) is 0 Å². The molecule has 1 aliphatic rings. The summed E-state index contributed by atoms with van der Waals surface area (Å²) in [6.07, 6.45) is 0.0216. The third kappa shape index (κ3) is 2.08. The van der Waals surface area contributed by atoms with E-state index in [0.29, 0.717) is 6.61 Å². The predicted molar refractivity (Wildman–Crippen MR) is 61.0 cm³/mol. The Labute approximate surface area is 99.8 Å². The number of benzene rings is 1. The van der Waals surface area contributed by atoms with Crippen LogP contribution in [-0.4, -0.2) is 33.4 Å². The van der Waals surface area contributed by atoms with Crippen LogP contribution in [0, 0.1) is 0 Å². The molecule has 1 saturated heterocycles. The van der Waals surface area contributed by atoms with Gasteiger partial charge in [-0.05, 0) is 17.7 Å². The standard InChI is InChI=1S/C10H12ClNO3S/c1-12(2)16(13,14)10-5-7(9-6-15-9)3-4-8(10)11/h3-5,9H,6H2,1-2H3. The average Bonchev–Trinajstić information content (AvgIpc) is 3.01. The van der Waals surface area contributed by atoms with E-state index in [2.05, 4.69) is 0 Å². The monoisotopic (exact) mass is 261 g/mol. The molecule has 0 aromatic heterocycles. The molecule has 16 heavy (non-hydrogen) atoms. The topological polar surface area (TPSA) is 49.9 Å². The van der Waals surface area contributed by atoms with Crippen LogP contribution in [0.4, 0.5) is 0 Å². The minimum absolute atomic E-state index is 0.0216. The Morgan fingerprint density at radius 1 is 1.44 bits per heavy atom. The second kappa shape index (κ2) is 4.00. The van der Waals surface area contributed by atoms with Gasteiger partial charge in [-0.25, -0.2) is 12.7 Å². The van der Waals surface area contributed by atoms with Crippen LogP contribution < -0.4 is 0 Å². The van der Waals surface area contributed by atoms with E-state index in [1.807, 2.05) is 0 Å². The molecular weight excluding hydrogens is 250 g/mol. The van der Waals surface area contributed by atoms with Gasteiger partial charge in [0.25, 0.3) is 0 Å². The van der Waals surface area contributed by atoms with Gasteiger partial charge in [-0.3, -0.25) is 0 Å². The highest BCUT2D eigenvalue weighted by atomic mass is 35.5. The van der Waals surface area contributed by atoms with E-state index < -0.39 is 10.0 Å². The number of rotatable bonds is 3. The molecule has 0 spiro atoms. The highest BCUT2D eigenvalue weighted by molar-refractivity contribution is 7.89. The third-order valence-electron chi connectivity index (χ3n) is 2.42. The molecular formula is C10H12ClNO3S. The summed E-state index contributed by atoms with van der Waals surface area (Å²) in [5.74, 6) is 0. The molecule has 0 bridgehead atoms. The van der Waals surface area contributed by atoms with Crippen molar-refractivity contribution in [2.24, 2.45) is 0 Å². The zero-order chi connectivity index (χ0) is 11.9. The minimum atomic E-state index is -3.49. The van der Waals surface area contributed by atoms with Crippen molar-refractivity contribution in [2.45, 2.75) is 11.0 Å². The van der Waals surface area contributed by atoms with Crippen LogP contribution in [0.2, 0.25) is 5.02 Å². The van der Waals surface area contributed by atoms with Gasteiger partial charge in [0.15, 0.2) is 0 Å². The highest BCUT2D eigenvalue weighted by Gasteiger charge is 2.28. The average molecular weight is 262 g/mol. The first-order valence-electron chi connectivity index (χ1n) is 4.76.